The average molecular weight is 308 g/mol. The third kappa shape index (κ3) is 2.35. The van der Waals surface area contributed by atoms with E-state index >= 15 is 0 Å². The summed E-state index contributed by atoms with van der Waals surface area (Å²) in [5, 5.41) is 0. The number of amides is 2. The van der Waals surface area contributed by atoms with Crippen molar-refractivity contribution in [3.05, 3.63) is 12.2 Å². The molecule has 2 bridgehead atoms. The minimum Gasteiger partial charge on any atom is -0.365 e. The molecular formula is C17H28N2O3. The third-order valence-electron chi connectivity index (χ3n) is 5.20. The molecule has 0 radical (unpaired) electrons. The Morgan fingerprint density at radius 2 is 1.55 bits per heavy atom. The van der Waals surface area contributed by atoms with Gasteiger partial charge in [0.05, 0.1) is 23.5 Å². The fourth-order valence-electron chi connectivity index (χ4n) is 3.75. The van der Waals surface area contributed by atoms with Gasteiger partial charge < -0.3 is 14.5 Å². The second-order valence-electron chi connectivity index (χ2n) is 6.15. The molecule has 22 heavy (non-hydrogen) atoms. The molecule has 4 atom stereocenters. The van der Waals surface area contributed by atoms with Gasteiger partial charge in [-0.1, -0.05) is 12.2 Å². The van der Waals surface area contributed by atoms with Crippen LogP contribution in [0.15, 0.2) is 12.2 Å². The highest BCUT2D eigenvalue weighted by Gasteiger charge is 2.62. The van der Waals surface area contributed by atoms with Gasteiger partial charge in [-0.25, -0.2) is 0 Å². The number of carbonyl (C=O) groups excluding carboxylic acids is 2. The molecule has 1 saturated heterocycles. The molecule has 0 saturated carbocycles. The number of rotatable bonds is 6. The van der Waals surface area contributed by atoms with E-state index in [0.717, 1.165) is 0 Å². The maximum atomic E-state index is 13.1. The van der Waals surface area contributed by atoms with Gasteiger partial charge in [0, 0.05) is 26.2 Å². The van der Waals surface area contributed by atoms with Gasteiger partial charge in [0.1, 0.15) is 0 Å². The smallest absolute Gasteiger partial charge is 0.232 e. The van der Waals surface area contributed by atoms with Crippen LogP contribution in [-0.2, 0) is 14.3 Å². The molecule has 5 heteroatoms. The van der Waals surface area contributed by atoms with Crippen LogP contribution >= 0.6 is 0 Å². The fraction of sp³-hybridized carbons (Fsp3) is 0.765. The Morgan fingerprint density at radius 1 is 1.00 bits per heavy atom. The van der Waals surface area contributed by atoms with E-state index in [1.54, 1.807) is 9.80 Å². The van der Waals surface area contributed by atoms with Crippen molar-refractivity contribution in [1.82, 2.24) is 9.80 Å². The SMILES string of the molecule is CCN(CC)C(=O)C1C2C=CC(O2)C1(C)C(=O)N(CC)CC. The molecule has 2 rings (SSSR count). The highest BCUT2D eigenvalue weighted by Crippen LogP contribution is 2.50. The van der Waals surface area contributed by atoms with E-state index in [9.17, 15) is 9.59 Å². The molecular weight excluding hydrogens is 280 g/mol. The van der Waals surface area contributed by atoms with E-state index in [0.29, 0.717) is 26.2 Å². The molecule has 124 valence electrons. The first-order valence-corrected chi connectivity index (χ1v) is 8.37. The van der Waals surface area contributed by atoms with Crippen LogP contribution in [0.5, 0.6) is 0 Å². The molecule has 1 fully saturated rings. The maximum Gasteiger partial charge on any atom is 0.232 e. The molecule has 0 aromatic rings. The maximum absolute atomic E-state index is 13.1. The summed E-state index contributed by atoms with van der Waals surface area (Å²) < 4.78 is 5.91. The number of hydrogen-bond donors (Lipinski definition) is 0. The standard InChI is InChI=1S/C17H28N2O3/c1-6-18(7-2)15(20)14-12-10-11-13(22-12)17(14,5)16(21)19(8-3)9-4/h10-14H,6-9H2,1-5H3. The van der Waals surface area contributed by atoms with E-state index < -0.39 is 11.3 Å². The Kier molecular flexibility index (Phi) is 4.95. The van der Waals surface area contributed by atoms with Gasteiger partial charge in [-0.3, -0.25) is 9.59 Å². The van der Waals surface area contributed by atoms with Gasteiger partial charge in [-0.05, 0) is 34.6 Å². The molecule has 2 amide bonds. The summed E-state index contributed by atoms with van der Waals surface area (Å²) in [6.07, 6.45) is 3.31. The summed E-state index contributed by atoms with van der Waals surface area (Å²) in [4.78, 5) is 29.6. The van der Waals surface area contributed by atoms with Gasteiger partial charge in [-0.2, -0.15) is 0 Å². The molecule has 2 aliphatic heterocycles. The predicted octanol–water partition coefficient (Wildman–Crippen LogP) is 1.68. The van der Waals surface area contributed by atoms with E-state index in [-0.39, 0.29) is 24.0 Å². The summed E-state index contributed by atoms with van der Waals surface area (Å²) in [5.74, 6) is -0.361. The van der Waals surface area contributed by atoms with Crippen LogP contribution in [-0.4, -0.2) is 60.0 Å². The van der Waals surface area contributed by atoms with Crippen LogP contribution in [0.4, 0.5) is 0 Å². The minimum absolute atomic E-state index is 0.0276. The Labute approximate surface area is 133 Å². The second kappa shape index (κ2) is 6.41. The normalized spacial score (nSPS) is 32.3. The molecule has 4 unspecified atom stereocenters. The lowest BCUT2D eigenvalue weighted by Gasteiger charge is -2.39. The van der Waals surface area contributed by atoms with Crippen LogP contribution in [0.1, 0.15) is 34.6 Å². The van der Waals surface area contributed by atoms with Gasteiger partial charge in [-0.15, -0.1) is 0 Å². The summed E-state index contributed by atoms with van der Waals surface area (Å²) in [5.41, 5.74) is -0.800. The van der Waals surface area contributed by atoms with Crippen molar-refractivity contribution in [2.45, 2.75) is 46.8 Å². The van der Waals surface area contributed by atoms with Crippen LogP contribution < -0.4 is 0 Å². The number of carbonyl (C=O) groups is 2. The lowest BCUT2D eigenvalue weighted by molar-refractivity contribution is -0.152. The summed E-state index contributed by atoms with van der Waals surface area (Å²) in [6.45, 7) is 12.4. The molecule has 0 spiro atoms. The summed E-state index contributed by atoms with van der Waals surface area (Å²) in [7, 11) is 0. The second-order valence-corrected chi connectivity index (χ2v) is 6.15. The first-order chi connectivity index (χ1) is 10.4. The van der Waals surface area contributed by atoms with Crippen molar-refractivity contribution in [2.24, 2.45) is 11.3 Å². The van der Waals surface area contributed by atoms with Gasteiger partial charge in [0.2, 0.25) is 11.8 Å². The number of ether oxygens (including phenoxy) is 1. The zero-order chi connectivity index (χ0) is 16.5. The predicted molar refractivity (Wildman–Crippen MR) is 85.3 cm³/mol. The molecule has 2 aliphatic rings. The summed E-state index contributed by atoms with van der Waals surface area (Å²) >= 11 is 0. The van der Waals surface area contributed by atoms with Crippen LogP contribution in [0, 0.1) is 11.3 Å². The quantitative estimate of drug-likeness (QED) is 0.702. The molecule has 0 aliphatic carbocycles. The average Bonchev–Trinajstić information content (AvgIpc) is 3.09. The fourth-order valence-corrected chi connectivity index (χ4v) is 3.75. The topological polar surface area (TPSA) is 49.9 Å². The van der Waals surface area contributed by atoms with Crippen molar-refractivity contribution in [1.29, 1.82) is 0 Å². The highest BCUT2D eigenvalue weighted by molar-refractivity contribution is 5.93. The van der Waals surface area contributed by atoms with Crippen LogP contribution in [0.25, 0.3) is 0 Å². The first kappa shape index (κ1) is 17.0. The van der Waals surface area contributed by atoms with Gasteiger partial charge in [0.25, 0.3) is 0 Å². The van der Waals surface area contributed by atoms with E-state index in [4.69, 9.17) is 4.74 Å². The Bertz CT molecular complexity index is 469. The first-order valence-electron chi connectivity index (χ1n) is 8.37. The van der Waals surface area contributed by atoms with Crippen molar-refractivity contribution in [2.75, 3.05) is 26.2 Å². The zero-order valence-corrected chi connectivity index (χ0v) is 14.3. The number of fused-ring (bicyclic) bond motifs is 2. The van der Waals surface area contributed by atoms with Crippen molar-refractivity contribution in [3.63, 3.8) is 0 Å². The number of nitrogens with zero attached hydrogens (tertiary/aromatic N) is 2. The van der Waals surface area contributed by atoms with E-state index in [2.05, 4.69) is 0 Å². The Morgan fingerprint density at radius 3 is 2.05 bits per heavy atom. The van der Waals surface area contributed by atoms with Crippen molar-refractivity contribution < 1.29 is 14.3 Å². The van der Waals surface area contributed by atoms with Crippen LogP contribution in [0.2, 0.25) is 0 Å². The molecule has 0 N–H and O–H groups in total. The van der Waals surface area contributed by atoms with E-state index in [1.807, 2.05) is 46.8 Å². The van der Waals surface area contributed by atoms with Crippen molar-refractivity contribution in [3.8, 4) is 0 Å². The Balaban J connectivity index is 2.37. The molecule has 2 heterocycles. The van der Waals surface area contributed by atoms with Crippen molar-refractivity contribution >= 4 is 11.8 Å². The summed E-state index contributed by atoms with van der Waals surface area (Å²) in [6, 6.07) is 0. The largest absolute Gasteiger partial charge is 0.365 e. The van der Waals surface area contributed by atoms with Gasteiger partial charge in [0.15, 0.2) is 0 Å². The highest BCUT2D eigenvalue weighted by atomic mass is 16.5. The minimum atomic E-state index is -0.800. The van der Waals surface area contributed by atoms with Crippen LogP contribution in [0.3, 0.4) is 0 Å². The molecule has 0 aromatic heterocycles. The molecule has 0 aromatic carbocycles. The Hall–Kier alpha value is -1.36. The monoisotopic (exact) mass is 308 g/mol. The lowest BCUT2D eigenvalue weighted by atomic mass is 9.68. The third-order valence-corrected chi connectivity index (χ3v) is 5.20. The number of hydrogen-bond acceptors (Lipinski definition) is 3. The van der Waals surface area contributed by atoms with Gasteiger partial charge >= 0.3 is 0 Å². The zero-order valence-electron chi connectivity index (χ0n) is 14.3. The molecule has 5 nitrogen and oxygen atoms in total. The van der Waals surface area contributed by atoms with E-state index in [1.165, 1.54) is 0 Å². The lowest BCUT2D eigenvalue weighted by Crippen LogP contribution is -2.55.